The molecule has 1 aliphatic rings. The van der Waals surface area contributed by atoms with Gasteiger partial charge in [-0.15, -0.1) is 0 Å². The van der Waals surface area contributed by atoms with E-state index in [9.17, 15) is 13.2 Å². The van der Waals surface area contributed by atoms with E-state index in [1.165, 1.54) is 0 Å². The molecule has 1 nitrogen and oxygen atoms in total. The number of nitrogens with two attached hydrogens (primary N) is 1. The molecule has 17 heavy (non-hydrogen) atoms. The third-order valence-corrected chi connectivity index (χ3v) is 4.08. The molecule has 1 aromatic rings. The summed E-state index contributed by atoms with van der Waals surface area (Å²) in [7, 11) is 0. The molecule has 1 aromatic carbocycles. The van der Waals surface area contributed by atoms with Crippen molar-refractivity contribution >= 4 is 15.9 Å². The van der Waals surface area contributed by atoms with E-state index in [1.807, 2.05) is 0 Å². The van der Waals surface area contributed by atoms with Crippen molar-refractivity contribution in [1.82, 2.24) is 0 Å². The topological polar surface area (TPSA) is 26.0 Å². The highest BCUT2D eigenvalue weighted by atomic mass is 79.9. The normalized spacial score (nSPS) is 19.4. The van der Waals surface area contributed by atoms with Crippen LogP contribution in [0.1, 0.15) is 37.7 Å². The van der Waals surface area contributed by atoms with Crippen LogP contribution in [0.3, 0.4) is 0 Å². The molecule has 0 unspecified atom stereocenters. The first-order valence-electron chi connectivity index (χ1n) is 5.58. The van der Waals surface area contributed by atoms with Gasteiger partial charge in [-0.25, -0.2) is 13.2 Å². The Morgan fingerprint density at radius 3 is 2.24 bits per heavy atom. The maximum atomic E-state index is 13.9. The molecule has 0 heterocycles. The molecule has 2 rings (SSSR count). The number of hydrogen-bond acceptors (Lipinski definition) is 1. The van der Waals surface area contributed by atoms with Crippen molar-refractivity contribution in [2.45, 2.75) is 37.6 Å². The molecule has 1 saturated carbocycles. The molecular formula is C12H13BrF3N. The van der Waals surface area contributed by atoms with Crippen molar-refractivity contribution in [2.24, 2.45) is 5.73 Å². The summed E-state index contributed by atoms with van der Waals surface area (Å²) < 4.78 is 39.9. The van der Waals surface area contributed by atoms with Crippen LogP contribution in [0.25, 0.3) is 0 Å². The molecule has 1 aliphatic carbocycles. The van der Waals surface area contributed by atoms with E-state index < -0.39 is 27.5 Å². The van der Waals surface area contributed by atoms with Crippen molar-refractivity contribution in [2.75, 3.05) is 0 Å². The van der Waals surface area contributed by atoms with Crippen molar-refractivity contribution in [1.29, 1.82) is 0 Å². The van der Waals surface area contributed by atoms with Crippen LogP contribution >= 0.6 is 15.9 Å². The van der Waals surface area contributed by atoms with E-state index in [-0.39, 0.29) is 5.56 Å². The monoisotopic (exact) mass is 307 g/mol. The summed E-state index contributed by atoms with van der Waals surface area (Å²) in [6, 6.07) is 0.890. The first-order valence-corrected chi connectivity index (χ1v) is 6.37. The highest BCUT2D eigenvalue weighted by molar-refractivity contribution is 9.10. The van der Waals surface area contributed by atoms with E-state index in [2.05, 4.69) is 15.9 Å². The molecule has 94 valence electrons. The number of rotatable bonds is 1. The first kappa shape index (κ1) is 12.9. The number of halogens is 4. The summed E-state index contributed by atoms with van der Waals surface area (Å²) in [6.45, 7) is 0. The minimum absolute atomic E-state index is 0.0722. The highest BCUT2D eigenvalue weighted by Gasteiger charge is 2.34. The van der Waals surface area contributed by atoms with Gasteiger partial charge in [-0.3, -0.25) is 0 Å². The van der Waals surface area contributed by atoms with Gasteiger partial charge in [-0.1, -0.05) is 19.3 Å². The lowest BCUT2D eigenvalue weighted by Gasteiger charge is -2.34. The minimum Gasteiger partial charge on any atom is -0.321 e. The molecule has 0 amide bonds. The first-order chi connectivity index (χ1) is 7.96. The lowest BCUT2D eigenvalue weighted by Crippen LogP contribution is -2.39. The SMILES string of the molecule is NC1(c2cc(F)c(F)c(Br)c2F)CCCCC1. The van der Waals surface area contributed by atoms with Gasteiger partial charge >= 0.3 is 0 Å². The van der Waals surface area contributed by atoms with Gasteiger partial charge in [-0.05, 0) is 34.8 Å². The molecule has 0 spiro atoms. The Bertz CT molecular complexity index is 442. The summed E-state index contributed by atoms with van der Waals surface area (Å²) >= 11 is 2.73. The van der Waals surface area contributed by atoms with Crippen LogP contribution in [0, 0.1) is 17.5 Å². The number of hydrogen-bond donors (Lipinski definition) is 1. The van der Waals surface area contributed by atoms with Crippen molar-refractivity contribution in [3.63, 3.8) is 0 Å². The van der Waals surface area contributed by atoms with Gasteiger partial charge in [0.1, 0.15) is 5.82 Å². The molecule has 0 radical (unpaired) electrons. The predicted molar refractivity (Wildman–Crippen MR) is 63.0 cm³/mol. The van der Waals surface area contributed by atoms with E-state index in [0.29, 0.717) is 12.8 Å². The van der Waals surface area contributed by atoms with E-state index in [4.69, 9.17) is 5.73 Å². The Morgan fingerprint density at radius 1 is 1.06 bits per heavy atom. The van der Waals surface area contributed by atoms with Crippen LogP contribution in [0.4, 0.5) is 13.2 Å². The molecule has 0 saturated heterocycles. The van der Waals surface area contributed by atoms with Crippen LogP contribution in [0.5, 0.6) is 0 Å². The lowest BCUT2D eigenvalue weighted by atomic mass is 9.77. The van der Waals surface area contributed by atoms with Gasteiger partial charge in [0.05, 0.1) is 4.47 Å². The molecular weight excluding hydrogens is 295 g/mol. The maximum absolute atomic E-state index is 13.9. The fraction of sp³-hybridized carbons (Fsp3) is 0.500. The Hall–Kier alpha value is -0.550. The molecule has 1 fully saturated rings. The minimum atomic E-state index is -1.20. The second-order valence-electron chi connectivity index (χ2n) is 4.56. The standard InChI is InChI=1S/C12H13BrF3N/c13-9-10(15)7(6-8(14)11(9)16)12(17)4-2-1-3-5-12/h6H,1-5,17H2. The molecule has 0 bridgehead atoms. The number of benzene rings is 1. The van der Waals surface area contributed by atoms with Crippen LogP contribution in [0.2, 0.25) is 0 Å². The fourth-order valence-corrected chi connectivity index (χ4v) is 2.79. The lowest BCUT2D eigenvalue weighted by molar-refractivity contribution is 0.290. The van der Waals surface area contributed by atoms with Crippen molar-refractivity contribution in [3.8, 4) is 0 Å². The highest BCUT2D eigenvalue weighted by Crippen LogP contribution is 2.38. The third kappa shape index (κ3) is 2.22. The molecule has 5 heteroatoms. The Morgan fingerprint density at radius 2 is 1.65 bits per heavy atom. The van der Waals surface area contributed by atoms with Crippen molar-refractivity contribution < 1.29 is 13.2 Å². The molecule has 0 aliphatic heterocycles. The van der Waals surface area contributed by atoms with Crippen molar-refractivity contribution in [3.05, 3.63) is 33.6 Å². The summed E-state index contributed by atoms with van der Waals surface area (Å²) in [5.74, 6) is -3.05. The van der Waals surface area contributed by atoms with Crippen LogP contribution in [0.15, 0.2) is 10.5 Å². The van der Waals surface area contributed by atoms with Gasteiger partial charge in [-0.2, -0.15) is 0 Å². The summed E-state index contributed by atoms with van der Waals surface area (Å²) in [4.78, 5) is 0. The zero-order valence-corrected chi connectivity index (χ0v) is 10.8. The fourth-order valence-electron chi connectivity index (χ4n) is 2.39. The average molecular weight is 308 g/mol. The molecule has 0 atom stereocenters. The second kappa shape index (κ2) is 4.61. The van der Waals surface area contributed by atoms with Crippen LogP contribution in [-0.4, -0.2) is 0 Å². The zero-order valence-electron chi connectivity index (χ0n) is 9.20. The summed E-state index contributed by atoms with van der Waals surface area (Å²) in [5.41, 5.74) is 5.32. The largest absolute Gasteiger partial charge is 0.321 e. The smallest absolute Gasteiger partial charge is 0.175 e. The van der Waals surface area contributed by atoms with Gasteiger partial charge in [0.25, 0.3) is 0 Å². The van der Waals surface area contributed by atoms with Gasteiger partial charge < -0.3 is 5.73 Å². The van der Waals surface area contributed by atoms with Crippen LogP contribution < -0.4 is 5.73 Å². The summed E-state index contributed by atoms with van der Waals surface area (Å²) in [5, 5.41) is 0. The van der Waals surface area contributed by atoms with Gasteiger partial charge in [0.2, 0.25) is 0 Å². The van der Waals surface area contributed by atoms with Gasteiger partial charge in [0, 0.05) is 11.1 Å². The average Bonchev–Trinajstić information content (AvgIpc) is 2.32. The quantitative estimate of drug-likeness (QED) is 0.616. The van der Waals surface area contributed by atoms with Crippen LogP contribution in [-0.2, 0) is 5.54 Å². The second-order valence-corrected chi connectivity index (χ2v) is 5.36. The zero-order chi connectivity index (χ0) is 12.6. The predicted octanol–water partition coefficient (Wildman–Crippen LogP) is 3.98. The Kier molecular flexibility index (Phi) is 3.50. The van der Waals surface area contributed by atoms with E-state index in [1.54, 1.807) is 0 Å². The van der Waals surface area contributed by atoms with E-state index >= 15 is 0 Å². The van der Waals surface area contributed by atoms with E-state index in [0.717, 1.165) is 25.3 Å². The summed E-state index contributed by atoms with van der Waals surface area (Å²) in [6.07, 6.45) is 4.01. The third-order valence-electron chi connectivity index (χ3n) is 3.38. The molecule has 0 aromatic heterocycles. The Labute approximate surface area is 106 Å². The molecule has 2 N–H and O–H groups in total. The van der Waals surface area contributed by atoms with Gasteiger partial charge in [0.15, 0.2) is 11.6 Å². The maximum Gasteiger partial charge on any atom is 0.175 e. The Balaban J connectivity index is 2.51.